The average molecular weight is 527 g/mol. The number of halogens is 1. The number of hydrogen-bond acceptors (Lipinski definition) is 6. The number of nitrogens with zero attached hydrogens (tertiary/aromatic N) is 4. The minimum Gasteiger partial charge on any atom is -0.477 e. The van der Waals surface area contributed by atoms with Gasteiger partial charge < -0.3 is 25.2 Å². The smallest absolute Gasteiger partial charge is 0.341 e. The largest absolute Gasteiger partial charge is 0.477 e. The first kappa shape index (κ1) is 23.7. The second kappa shape index (κ2) is 8.54. The third-order valence-electron chi connectivity index (χ3n) is 8.35. The van der Waals surface area contributed by atoms with Gasteiger partial charge in [0, 0.05) is 67.1 Å². The minimum atomic E-state index is -1.27. The van der Waals surface area contributed by atoms with Gasteiger partial charge in [-0.25, -0.2) is 14.2 Å². The van der Waals surface area contributed by atoms with E-state index in [4.69, 9.17) is 4.98 Å². The number of anilines is 2. The number of benzene rings is 1. The fourth-order valence-corrected chi connectivity index (χ4v) is 6.58. The predicted octanol–water partition coefficient (Wildman–Crippen LogP) is 4.02. The summed E-state index contributed by atoms with van der Waals surface area (Å²) in [7, 11) is 3.90. The lowest BCUT2D eigenvalue weighted by Gasteiger charge is -2.29. The van der Waals surface area contributed by atoms with Gasteiger partial charge >= 0.3 is 5.97 Å². The number of carboxylic acids is 1. The van der Waals surface area contributed by atoms with E-state index >= 15 is 0 Å². The Kier molecular flexibility index (Phi) is 5.18. The van der Waals surface area contributed by atoms with E-state index in [2.05, 4.69) is 27.1 Å². The molecule has 0 unspecified atom stereocenters. The predicted molar refractivity (Wildman–Crippen MR) is 149 cm³/mol. The van der Waals surface area contributed by atoms with Crippen LogP contribution in [0.3, 0.4) is 0 Å². The molecule has 5 aromatic rings. The third-order valence-corrected chi connectivity index (χ3v) is 8.35. The molecule has 0 amide bonds. The lowest BCUT2D eigenvalue weighted by molar-refractivity contribution is 0.0694. The van der Waals surface area contributed by atoms with Gasteiger partial charge in [-0.2, -0.15) is 0 Å². The van der Waals surface area contributed by atoms with Crippen molar-refractivity contribution in [2.75, 3.05) is 43.9 Å². The number of rotatable bonds is 4. The molecule has 1 aromatic carbocycles. The molecule has 0 bridgehead atoms. The molecule has 7 rings (SSSR count). The maximum absolute atomic E-state index is 14.8. The Morgan fingerprint density at radius 3 is 2.82 bits per heavy atom. The summed E-state index contributed by atoms with van der Waals surface area (Å²) in [6, 6.07) is 9.99. The van der Waals surface area contributed by atoms with Gasteiger partial charge in [-0.05, 0) is 49.7 Å². The van der Waals surface area contributed by atoms with Gasteiger partial charge in [-0.15, -0.1) is 0 Å². The van der Waals surface area contributed by atoms with Gasteiger partial charge in [0.15, 0.2) is 0 Å². The highest BCUT2D eigenvalue weighted by atomic mass is 19.1. The number of aromatic carboxylic acids is 1. The van der Waals surface area contributed by atoms with Gasteiger partial charge in [0.1, 0.15) is 17.0 Å². The van der Waals surface area contributed by atoms with Crippen LogP contribution in [0.25, 0.3) is 38.6 Å². The van der Waals surface area contributed by atoms with E-state index in [1.807, 2.05) is 6.07 Å². The van der Waals surface area contributed by atoms with Crippen LogP contribution in [0.1, 0.15) is 16.8 Å². The van der Waals surface area contributed by atoms with Crippen LogP contribution in [-0.4, -0.2) is 70.1 Å². The standard InChI is InChI=1S/C29H27FN6O3/c1-31-22-10-17(30)9-20-24-26(35-8-7-16-12-34(2)14-23(16)35)21(11-32-27(24)33-25(20)22)15-3-4-18-5-6-19(29(38)39)28(37)36(18)13-15/h3-6,9-11,13,16,23,31H,7-8,12,14H2,1-2H3,(H,32,33)(H,38,39)/t16-,23+/m1/s1. The number of likely N-dealkylation sites (N-methyl/N-ethyl adjacent to an activating group) is 1. The second-order valence-corrected chi connectivity index (χ2v) is 10.6. The molecule has 2 aliphatic heterocycles. The Morgan fingerprint density at radius 1 is 1.21 bits per heavy atom. The molecule has 0 saturated carbocycles. The van der Waals surface area contributed by atoms with Crippen molar-refractivity contribution in [2.24, 2.45) is 5.92 Å². The summed E-state index contributed by atoms with van der Waals surface area (Å²) in [4.78, 5) is 37.6. The van der Waals surface area contributed by atoms with E-state index in [9.17, 15) is 19.1 Å². The molecule has 0 aliphatic carbocycles. The molecule has 6 heterocycles. The molecule has 0 radical (unpaired) electrons. The summed E-state index contributed by atoms with van der Waals surface area (Å²) < 4.78 is 16.2. The summed E-state index contributed by atoms with van der Waals surface area (Å²) in [5.74, 6) is -1.08. The Morgan fingerprint density at radius 2 is 2.03 bits per heavy atom. The summed E-state index contributed by atoms with van der Waals surface area (Å²) in [6.45, 7) is 2.80. The number of carboxylic acid groups (broad SMARTS) is 1. The lowest BCUT2D eigenvalue weighted by atomic mass is 10.0. The Balaban J connectivity index is 1.54. The highest BCUT2D eigenvalue weighted by Crippen LogP contribution is 2.46. The van der Waals surface area contributed by atoms with E-state index in [0.29, 0.717) is 28.8 Å². The van der Waals surface area contributed by atoms with Crippen LogP contribution >= 0.6 is 0 Å². The number of carbonyl (C=O) groups is 1. The zero-order chi connectivity index (χ0) is 27.0. The molecule has 0 spiro atoms. The molecular weight excluding hydrogens is 499 g/mol. The number of hydrogen-bond donors (Lipinski definition) is 3. The Hall–Kier alpha value is -4.44. The van der Waals surface area contributed by atoms with Gasteiger partial charge in [-0.3, -0.25) is 9.20 Å². The van der Waals surface area contributed by atoms with Crippen LogP contribution in [0.15, 0.2) is 53.6 Å². The monoisotopic (exact) mass is 526 g/mol. The topological polar surface area (TPSA) is 106 Å². The van der Waals surface area contributed by atoms with Crippen molar-refractivity contribution in [3.05, 3.63) is 70.5 Å². The molecular formula is C29H27FN6O3. The number of likely N-dealkylation sites (tertiary alicyclic amines) is 1. The van der Waals surface area contributed by atoms with Gasteiger partial charge in [0.25, 0.3) is 5.56 Å². The first-order valence-electron chi connectivity index (χ1n) is 13.0. The van der Waals surface area contributed by atoms with Crippen LogP contribution in [0, 0.1) is 11.7 Å². The molecule has 10 heteroatoms. The molecule has 4 aromatic heterocycles. The highest BCUT2D eigenvalue weighted by molar-refractivity contribution is 6.17. The van der Waals surface area contributed by atoms with Crippen LogP contribution in [0.5, 0.6) is 0 Å². The first-order chi connectivity index (χ1) is 18.8. The molecule has 2 aliphatic rings. The molecule has 3 N–H and O–H groups in total. The van der Waals surface area contributed by atoms with Crippen LogP contribution in [-0.2, 0) is 0 Å². The maximum atomic E-state index is 14.8. The highest BCUT2D eigenvalue weighted by Gasteiger charge is 2.41. The average Bonchev–Trinajstić information content (AvgIpc) is 3.59. The van der Waals surface area contributed by atoms with E-state index in [0.717, 1.165) is 59.2 Å². The lowest BCUT2D eigenvalue weighted by Crippen LogP contribution is -2.35. The zero-order valence-corrected chi connectivity index (χ0v) is 21.5. The number of aromatic amines is 1. The quantitative estimate of drug-likeness (QED) is 0.325. The molecule has 9 nitrogen and oxygen atoms in total. The Bertz CT molecular complexity index is 1880. The molecule has 2 saturated heterocycles. The summed E-state index contributed by atoms with van der Waals surface area (Å²) in [6.07, 6.45) is 4.52. The minimum absolute atomic E-state index is 0.290. The van der Waals surface area contributed by atoms with Crippen molar-refractivity contribution in [2.45, 2.75) is 12.5 Å². The molecule has 39 heavy (non-hydrogen) atoms. The SMILES string of the molecule is CNc1cc(F)cc2c1[nH]c1ncc(-c3ccc4ccc(C(=O)O)c(=O)n4c3)c(N3CC[C@@H]4CN(C)C[C@@H]43)c12. The summed E-state index contributed by atoms with van der Waals surface area (Å²) in [5.41, 5.74) is 4.28. The number of pyridine rings is 3. The van der Waals surface area contributed by atoms with Crippen molar-refractivity contribution < 1.29 is 14.3 Å². The molecule has 2 fully saturated rings. The van der Waals surface area contributed by atoms with Gasteiger partial charge in [0.05, 0.1) is 22.3 Å². The molecule has 198 valence electrons. The van der Waals surface area contributed by atoms with Crippen molar-refractivity contribution >= 4 is 44.8 Å². The van der Waals surface area contributed by atoms with Crippen molar-refractivity contribution in [1.29, 1.82) is 0 Å². The van der Waals surface area contributed by atoms with Crippen molar-refractivity contribution in [1.82, 2.24) is 19.3 Å². The van der Waals surface area contributed by atoms with Crippen LogP contribution in [0.2, 0.25) is 0 Å². The second-order valence-electron chi connectivity index (χ2n) is 10.6. The van der Waals surface area contributed by atoms with Gasteiger partial charge in [0.2, 0.25) is 0 Å². The third kappa shape index (κ3) is 3.51. The number of nitrogens with one attached hydrogen (secondary N) is 2. The fourth-order valence-electron chi connectivity index (χ4n) is 6.58. The van der Waals surface area contributed by atoms with E-state index in [1.165, 1.54) is 16.5 Å². The molecule has 2 atom stereocenters. The summed E-state index contributed by atoms with van der Waals surface area (Å²) in [5, 5.41) is 14.1. The maximum Gasteiger partial charge on any atom is 0.341 e. The van der Waals surface area contributed by atoms with Crippen molar-refractivity contribution in [3.8, 4) is 11.1 Å². The summed E-state index contributed by atoms with van der Waals surface area (Å²) >= 11 is 0. The number of aromatic nitrogens is 3. The van der Waals surface area contributed by atoms with Crippen LogP contribution in [0.4, 0.5) is 15.8 Å². The van der Waals surface area contributed by atoms with Crippen LogP contribution < -0.4 is 15.8 Å². The number of H-pyrrole nitrogens is 1. The number of fused-ring (bicyclic) bond motifs is 5. The first-order valence-corrected chi connectivity index (χ1v) is 13.0. The fraction of sp³-hybridized carbons (Fsp3) is 0.276. The van der Waals surface area contributed by atoms with E-state index in [-0.39, 0.29) is 11.4 Å². The Labute approximate surface area is 222 Å². The van der Waals surface area contributed by atoms with E-state index < -0.39 is 11.5 Å². The zero-order valence-electron chi connectivity index (χ0n) is 21.5. The van der Waals surface area contributed by atoms with Gasteiger partial charge in [-0.1, -0.05) is 6.07 Å². The normalized spacial score (nSPS) is 19.4. The van der Waals surface area contributed by atoms with Crippen molar-refractivity contribution in [3.63, 3.8) is 0 Å². The van der Waals surface area contributed by atoms with E-state index in [1.54, 1.807) is 37.6 Å².